The maximum absolute atomic E-state index is 5.50. The van der Waals surface area contributed by atoms with E-state index in [1.807, 2.05) is 31.5 Å². The Morgan fingerprint density at radius 3 is 2.45 bits per heavy atom. The first kappa shape index (κ1) is 11.1. The first-order valence-electron chi connectivity index (χ1n) is 3.21. The molecule has 1 rings (SSSR count). The van der Waals surface area contributed by atoms with E-state index < -0.39 is 0 Å². The van der Waals surface area contributed by atoms with Crippen molar-refractivity contribution < 1.29 is 23.6 Å². The molecule has 0 saturated heterocycles. The van der Waals surface area contributed by atoms with E-state index in [4.69, 9.17) is 4.74 Å². The summed E-state index contributed by atoms with van der Waals surface area (Å²) < 4.78 is 5.50. The largest absolute Gasteiger partial charge is 1.00 e. The topological polar surface area (TPSA) is 9.23 Å². The Kier molecular flexibility index (Phi) is 4.24. The third-order valence-electron chi connectivity index (χ3n) is 0.860. The van der Waals surface area contributed by atoms with Gasteiger partial charge in [-0.05, 0) is 26.5 Å². The second kappa shape index (κ2) is 4.21. The second-order valence-electron chi connectivity index (χ2n) is 3.09. The summed E-state index contributed by atoms with van der Waals surface area (Å²) in [5, 5.41) is 3.84. The fourth-order valence-electron chi connectivity index (χ4n) is 0.605. The molecular formula is C8H11LiOS. The van der Waals surface area contributed by atoms with Crippen molar-refractivity contribution in [3.05, 3.63) is 16.8 Å². The van der Waals surface area contributed by atoms with Gasteiger partial charge in [0, 0.05) is 0 Å². The van der Waals surface area contributed by atoms with Crippen molar-refractivity contribution in [2.75, 3.05) is 0 Å². The third kappa shape index (κ3) is 4.52. The molecular weight excluding hydrogens is 151 g/mol. The van der Waals surface area contributed by atoms with Crippen molar-refractivity contribution >= 4 is 11.3 Å². The Balaban J connectivity index is 0.000001000. The van der Waals surface area contributed by atoms with Crippen LogP contribution in [0.3, 0.4) is 0 Å². The number of thiophene rings is 1. The van der Waals surface area contributed by atoms with Gasteiger partial charge in [-0.15, -0.1) is 10.8 Å². The van der Waals surface area contributed by atoms with Crippen LogP contribution in [-0.2, 0) is 0 Å². The van der Waals surface area contributed by atoms with Gasteiger partial charge in [0.15, 0.2) is 0 Å². The van der Waals surface area contributed by atoms with Crippen LogP contribution in [0.2, 0.25) is 0 Å². The average molecular weight is 162 g/mol. The smallest absolute Gasteiger partial charge is 0.525 e. The van der Waals surface area contributed by atoms with E-state index in [0.29, 0.717) is 0 Å². The van der Waals surface area contributed by atoms with Crippen LogP contribution < -0.4 is 23.6 Å². The molecule has 0 fully saturated rings. The van der Waals surface area contributed by atoms with Crippen LogP contribution in [-0.4, -0.2) is 5.60 Å². The molecule has 0 radical (unpaired) electrons. The molecule has 1 heterocycles. The number of hydrogen-bond donors (Lipinski definition) is 0. The molecule has 0 aliphatic carbocycles. The molecule has 0 bridgehead atoms. The summed E-state index contributed by atoms with van der Waals surface area (Å²) >= 11 is 1.60. The zero-order valence-corrected chi connectivity index (χ0v) is 8.29. The molecule has 0 aliphatic rings. The quantitative estimate of drug-likeness (QED) is 0.408. The first-order valence-corrected chi connectivity index (χ1v) is 4.15. The Hall–Kier alpha value is 0.0974. The van der Waals surface area contributed by atoms with Crippen LogP contribution in [0.15, 0.2) is 10.8 Å². The fourth-order valence-corrected chi connectivity index (χ4v) is 1.10. The van der Waals surface area contributed by atoms with Crippen LogP contribution in [0.25, 0.3) is 0 Å². The summed E-state index contributed by atoms with van der Waals surface area (Å²) in [6.07, 6.45) is 0. The van der Waals surface area contributed by atoms with E-state index in [1.54, 1.807) is 11.3 Å². The normalized spacial score (nSPS) is 10.5. The minimum atomic E-state index is -0.0996. The zero-order valence-electron chi connectivity index (χ0n) is 7.47. The zero-order chi connectivity index (χ0) is 7.61. The summed E-state index contributed by atoms with van der Waals surface area (Å²) in [5.74, 6) is 0.845. The van der Waals surface area contributed by atoms with Crippen molar-refractivity contribution in [1.82, 2.24) is 0 Å². The molecule has 0 unspecified atom stereocenters. The maximum atomic E-state index is 5.50. The maximum Gasteiger partial charge on any atom is 1.00 e. The number of rotatable bonds is 1. The molecule has 0 N–H and O–H groups in total. The minimum absolute atomic E-state index is 0. The monoisotopic (exact) mass is 162 g/mol. The Morgan fingerprint density at radius 1 is 1.45 bits per heavy atom. The SMILES string of the molecule is CC(C)(C)Oc1[c-]csc1.[Li+]. The molecule has 1 aromatic rings. The summed E-state index contributed by atoms with van der Waals surface area (Å²) in [6.45, 7) is 6.08. The van der Waals surface area contributed by atoms with E-state index in [0.717, 1.165) is 5.75 Å². The van der Waals surface area contributed by atoms with Crippen molar-refractivity contribution in [3.63, 3.8) is 0 Å². The van der Waals surface area contributed by atoms with Gasteiger partial charge in [0.05, 0.1) is 5.60 Å². The van der Waals surface area contributed by atoms with Crippen LogP contribution in [0.1, 0.15) is 20.8 Å². The first-order chi connectivity index (χ1) is 4.58. The van der Waals surface area contributed by atoms with Crippen molar-refractivity contribution in [2.24, 2.45) is 0 Å². The molecule has 11 heavy (non-hydrogen) atoms. The van der Waals surface area contributed by atoms with Crippen LogP contribution in [0.4, 0.5) is 0 Å². The van der Waals surface area contributed by atoms with Crippen LogP contribution >= 0.6 is 11.3 Å². The molecule has 0 amide bonds. The molecule has 0 saturated carbocycles. The Labute approximate surface area is 83.9 Å². The van der Waals surface area contributed by atoms with Crippen molar-refractivity contribution in [3.8, 4) is 5.75 Å². The summed E-state index contributed by atoms with van der Waals surface area (Å²) in [5.41, 5.74) is -0.0996. The van der Waals surface area contributed by atoms with Crippen molar-refractivity contribution in [1.29, 1.82) is 0 Å². The molecule has 0 spiro atoms. The van der Waals surface area contributed by atoms with Gasteiger partial charge in [0.1, 0.15) is 0 Å². The Bertz CT molecular complexity index is 188. The predicted octanol–water partition coefficient (Wildman–Crippen LogP) is -0.270. The number of ether oxygens (including phenoxy) is 1. The summed E-state index contributed by atoms with van der Waals surface area (Å²) in [6, 6.07) is 2.99. The van der Waals surface area contributed by atoms with Crippen LogP contribution in [0.5, 0.6) is 5.75 Å². The van der Waals surface area contributed by atoms with Gasteiger partial charge in [-0.1, -0.05) is 0 Å². The molecule has 1 aromatic heterocycles. The number of hydrogen-bond acceptors (Lipinski definition) is 2. The molecule has 3 heteroatoms. The predicted molar refractivity (Wildman–Crippen MR) is 43.5 cm³/mol. The van der Waals surface area contributed by atoms with E-state index in [-0.39, 0.29) is 24.5 Å². The Morgan fingerprint density at radius 2 is 2.09 bits per heavy atom. The van der Waals surface area contributed by atoms with Crippen molar-refractivity contribution in [2.45, 2.75) is 26.4 Å². The van der Waals surface area contributed by atoms with Gasteiger partial charge < -0.3 is 4.74 Å². The molecule has 56 valence electrons. The summed E-state index contributed by atoms with van der Waals surface area (Å²) in [7, 11) is 0. The van der Waals surface area contributed by atoms with Gasteiger partial charge in [0.25, 0.3) is 0 Å². The van der Waals surface area contributed by atoms with Gasteiger partial charge in [0.2, 0.25) is 0 Å². The molecule has 1 nitrogen and oxygen atoms in total. The molecule has 0 atom stereocenters. The van der Waals surface area contributed by atoms with Gasteiger partial charge in [-0.3, -0.25) is 11.3 Å². The second-order valence-corrected chi connectivity index (χ2v) is 3.84. The van der Waals surface area contributed by atoms with Gasteiger partial charge in [-0.25, -0.2) is 0 Å². The standard InChI is InChI=1S/C8H11OS.Li/c1-8(2,3)9-7-4-5-10-6-7;/h5-6H,1-3H3;/q-1;+1. The van der Waals surface area contributed by atoms with Gasteiger partial charge in [-0.2, -0.15) is 6.07 Å². The minimum Gasteiger partial charge on any atom is -0.525 e. The van der Waals surface area contributed by atoms with Crippen LogP contribution in [0, 0.1) is 6.07 Å². The fraction of sp³-hybridized carbons (Fsp3) is 0.500. The van der Waals surface area contributed by atoms with E-state index >= 15 is 0 Å². The summed E-state index contributed by atoms with van der Waals surface area (Å²) in [4.78, 5) is 0. The molecule has 0 aromatic carbocycles. The van der Waals surface area contributed by atoms with E-state index in [2.05, 4.69) is 6.07 Å². The van der Waals surface area contributed by atoms with Gasteiger partial charge >= 0.3 is 18.9 Å². The third-order valence-corrected chi connectivity index (χ3v) is 1.46. The molecule has 0 aliphatic heterocycles. The van der Waals surface area contributed by atoms with E-state index in [9.17, 15) is 0 Å². The van der Waals surface area contributed by atoms with E-state index in [1.165, 1.54) is 0 Å². The average Bonchev–Trinajstić information content (AvgIpc) is 2.12.